The SMILES string of the molecule is CCOC(=O)[C@H](C)C(C)(C)C.COc1ccc(S(=O)(=O)N(CC(C)C)C[C@@H](O)[C@H](CNc2ccc(CP(=O)(O)O)cc2)NC(=O)O[C@H]2CO[C@H]3OCC[C@H]32)cc1.COc1ccc(S(=O)(=O)N(CC(C)C)C[C@@H](O)[C@H](CNc2ccc(CP(C)(C)=O)cc2)NC(=O)O[C@H]2CO[C@H]3OCC[C@H]32)cc1.[I][V][I]. The van der Waals surface area contributed by atoms with Crippen LogP contribution in [0.5, 0.6) is 11.5 Å². The van der Waals surface area contributed by atoms with E-state index in [-0.39, 0.29) is 103 Å². The third-order valence-electron chi connectivity index (χ3n) is 17.2. The number of fused-ring (bicyclic) bond motifs is 2. The summed E-state index contributed by atoms with van der Waals surface area (Å²) in [4.78, 5) is 55.9. The van der Waals surface area contributed by atoms with Gasteiger partial charge in [-0.15, -0.1) is 0 Å². The number of rotatable bonds is 32. The zero-order chi connectivity index (χ0) is 77.3. The average Bonchev–Trinajstić information content (AvgIpc) is 1.31. The first-order chi connectivity index (χ1) is 48.8. The monoisotopic (exact) mass is 1800 g/mol. The Hall–Kier alpha value is -3.91. The molecule has 11 atom stereocenters. The van der Waals surface area contributed by atoms with Crippen LogP contribution in [0, 0.1) is 35.0 Å². The van der Waals surface area contributed by atoms with Crippen molar-refractivity contribution in [2.45, 2.75) is 146 Å². The molecule has 4 fully saturated rings. The molecular formula is C69H106I2N6O22P2S2V. The maximum absolute atomic E-state index is 13.7. The molecule has 4 aliphatic rings. The van der Waals surface area contributed by atoms with Gasteiger partial charge in [0, 0.05) is 56.8 Å². The van der Waals surface area contributed by atoms with E-state index < -0.39 is 102 Å². The van der Waals surface area contributed by atoms with E-state index in [4.69, 9.17) is 42.6 Å². The van der Waals surface area contributed by atoms with Crippen LogP contribution in [0.4, 0.5) is 21.0 Å². The van der Waals surface area contributed by atoms with Gasteiger partial charge in [-0.25, -0.2) is 26.4 Å². The predicted octanol–water partition coefficient (Wildman–Crippen LogP) is 10.1. The Morgan fingerprint density at radius 1 is 0.606 bits per heavy atom. The van der Waals surface area contributed by atoms with Gasteiger partial charge in [0.2, 0.25) is 20.0 Å². The molecule has 35 heteroatoms. The molecule has 28 nitrogen and oxygen atoms in total. The van der Waals surface area contributed by atoms with E-state index >= 15 is 0 Å². The van der Waals surface area contributed by atoms with Crippen molar-refractivity contribution in [1.29, 1.82) is 0 Å². The zero-order valence-corrected chi connectivity index (χ0v) is 70.4. The first-order valence-corrected chi connectivity index (χ1v) is 50.7. The zero-order valence-electron chi connectivity index (χ0n) is 61.3. The van der Waals surface area contributed by atoms with E-state index in [1.165, 1.54) is 47.1 Å². The first-order valence-electron chi connectivity index (χ1n) is 34.2. The summed E-state index contributed by atoms with van der Waals surface area (Å²) in [7, 11) is -10.9. The summed E-state index contributed by atoms with van der Waals surface area (Å²) in [5, 5.41) is 34.7. The van der Waals surface area contributed by atoms with Crippen LogP contribution in [0.2, 0.25) is 0 Å². The normalized spacial score (nSPS) is 20.1. The molecule has 4 aromatic carbocycles. The number of methoxy groups -OCH3 is 2. The molecule has 0 bridgehead atoms. The fourth-order valence-electron chi connectivity index (χ4n) is 11.3. The van der Waals surface area contributed by atoms with Gasteiger partial charge in [0.1, 0.15) is 23.7 Å². The van der Waals surface area contributed by atoms with Gasteiger partial charge in [-0.05, 0) is 134 Å². The minimum absolute atomic E-state index is 0.00620. The van der Waals surface area contributed by atoms with Crippen LogP contribution >= 0.6 is 54.7 Å². The van der Waals surface area contributed by atoms with Crippen molar-refractivity contribution < 1.29 is 112 Å². The number of nitrogens with zero attached hydrogens (tertiary/aromatic N) is 2. The summed E-state index contributed by atoms with van der Waals surface area (Å²) in [6, 6.07) is 23.8. The van der Waals surface area contributed by atoms with E-state index in [2.05, 4.69) is 61.2 Å². The molecule has 0 aliphatic carbocycles. The summed E-state index contributed by atoms with van der Waals surface area (Å²) >= 11 is 4.74. The molecule has 585 valence electrons. The quantitative estimate of drug-likeness (QED) is 0.00974. The fraction of sp³-hybridized carbons (Fsp3) is 0.609. The number of carbonyl (C=O) groups excluding carboxylic acids is 3. The number of aliphatic hydroxyl groups is 2. The molecular weight excluding hydrogens is 1700 g/mol. The van der Waals surface area contributed by atoms with Gasteiger partial charge >= 0.3 is 75.2 Å². The molecule has 0 unspecified atom stereocenters. The predicted molar refractivity (Wildman–Crippen MR) is 409 cm³/mol. The van der Waals surface area contributed by atoms with Crippen molar-refractivity contribution in [1.82, 2.24) is 19.2 Å². The number of benzene rings is 4. The topological polar surface area (TPSA) is 372 Å². The van der Waals surface area contributed by atoms with Crippen molar-refractivity contribution in [3.8, 4) is 11.5 Å². The summed E-state index contributed by atoms with van der Waals surface area (Å²) in [5.74, 6) is 0.624. The Morgan fingerprint density at radius 3 is 1.29 bits per heavy atom. The number of alkyl carbamates (subject to hydrolysis) is 2. The van der Waals surface area contributed by atoms with Crippen molar-refractivity contribution >= 4 is 104 Å². The van der Waals surface area contributed by atoms with Gasteiger partial charge in [0.15, 0.2) is 12.6 Å². The van der Waals surface area contributed by atoms with E-state index in [1.54, 1.807) is 61.9 Å². The fourth-order valence-corrected chi connectivity index (χ4v) is 16.4. The number of amides is 2. The molecule has 0 aromatic heterocycles. The number of halogens is 2. The molecule has 8 rings (SSSR count). The Bertz CT molecular complexity index is 3410. The molecule has 4 aromatic rings. The van der Waals surface area contributed by atoms with Gasteiger partial charge in [0.25, 0.3) is 0 Å². The number of anilines is 2. The van der Waals surface area contributed by atoms with Crippen LogP contribution < -0.4 is 30.7 Å². The van der Waals surface area contributed by atoms with Gasteiger partial charge in [-0.2, -0.15) is 8.61 Å². The first kappa shape index (κ1) is 90.7. The number of ether oxygens (including phenoxy) is 9. The summed E-state index contributed by atoms with van der Waals surface area (Å²) in [6.45, 7) is 22.4. The average molecular weight is 1800 g/mol. The van der Waals surface area contributed by atoms with Gasteiger partial charge in [-0.3, -0.25) is 9.36 Å². The Balaban J connectivity index is 0.000000316. The number of hydrogen-bond acceptors (Lipinski definition) is 22. The Morgan fingerprint density at radius 2 is 0.971 bits per heavy atom. The second-order valence-corrected chi connectivity index (χ2v) is 48.7. The Kier molecular flexibility index (Phi) is 37.4. The molecule has 0 saturated carbocycles. The number of nitrogens with one attached hydrogen (secondary N) is 4. The second-order valence-electron chi connectivity index (χ2n) is 28.0. The van der Waals surface area contributed by atoms with Crippen LogP contribution in [0.15, 0.2) is 107 Å². The standard InChI is InChI=1S/C31H46N3O9PS.C29H42N3O11PS.C9H18O2.2HI.V/c1-21(2)17-34(45(38,39)25-12-10-24(40-3)11-13-25)18-28(35)27(16-32-23-8-6-22(7-9-23)20-44(4,5)37)33-31(36)43-29-19-42-30-26(29)14-15-41-30;1-19(2)15-32(45(38,39)23-10-8-22(40-3)9-11-23)16-26(33)25(14-30-21-6-4-20(5-7-21)18-44(35,36)37)31-29(34)43-27-17-42-28-24(27)12-13-41-28;1-6-11-8(10)7(2)9(3,4)5;;;/h6-13,21,26-30,32,35H,14-20H2,1-5H3,(H,33,36);4-11,19,24-28,30,33H,12-18H2,1-3H3,(H,31,34)(H2,35,36,37);7H,6H2,1-5H3;2*1H;/q;;;;;+2/p-2/t26-,27-,28+,29-,30+;24-,25-,26+,27-,28+;7-;;;/m000.../s1. The maximum atomic E-state index is 13.7. The van der Waals surface area contributed by atoms with Crippen LogP contribution in [0.1, 0.15) is 86.3 Å². The number of sulfonamides is 2. The number of aliphatic hydroxyl groups excluding tert-OH is 2. The van der Waals surface area contributed by atoms with Gasteiger partial charge in [-0.1, -0.05) is 79.7 Å². The summed E-state index contributed by atoms with van der Waals surface area (Å²) < 4.78 is 129. The molecule has 2 amide bonds. The molecule has 4 heterocycles. The van der Waals surface area contributed by atoms with Crippen molar-refractivity contribution in [2.24, 2.45) is 35.0 Å². The van der Waals surface area contributed by atoms with E-state index in [0.717, 1.165) is 5.56 Å². The molecule has 0 spiro atoms. The number of esters is 1. The van der Waals surface area contributed by atoms with E-state index in [1.807, 2.05) is 86.6 Å². The number of hydrogen-bond donors (Lipinski definition) is 8. The Labute approximate surface area is 642 Å². The molecule has 104 heavy (non-hydrogen) atoms. The summed E-state index contributed by atoms with van der Waals surface area (Å²) in [5.41, 5.74) is 2.65. The van der Waals surface area contributed by atoms with Crippen LogP contribution in [-0.2, 0) is 88.9 Å². The van der Waals surface area contributed by atoms with E-state index in [9.17, 15) is 60.3 Å². The third-order valence-corrected chi connectivity index (χ3v) is 22.8. The molecule has 8 N–H and O–H groups in total. The van der Waals surface area contributed by atoms with Gasteiger partial charge < -0.3 is 88.5 Å². The van der Waals surface area contributed by atoms with Crippen LogP contribution in [-0.4, -0.2) is 213 Å². The van der Waals surface area contributed by atoms with E-state index in [0.29, 0.717) is 76.7 Å². The van der Waals surface area contributed by atoms with Crippen LogP contribution in [0.3, 0.4) is 0 Å². The third kappa shape index (κ3) is 30.2. The van der Waals surface area contributed by atoms with Gasteiger partial charge in [0.05, 0.1) is 112 Å². The van der Waals surface area contributed by atoms with Crippen molar-refractivity contribution in [3.63, 3.8) is 0 Å². The number of carbonyl (C=O) groups is 3. The molecule has 4 saturated heterocycles. The molecule has 4 aliphatic heterocycles. The van der Waals surface area contributed by atoms with Crippen LogP contribution in [0.25, 0.3) is 0 Å². The second kappa shape index (κ2) is 42.9. The summed E-state index contributed by atoms with van der Waals surface area (Å²) in [6.07, 6.45) is -4.58. The van der Waals surface area contributed by atoms with Crippen molar-refractivity contribution in [2.75, 3.05) is 110 Å². The van der Waals surface area contributed by atoms with Crippen molar-refractivity contribution in [3.05, 3.63) is 108 Å². The molecule has 0 radical (unpaired) electrons. The minimum atomic E-state index is -4.24.